The van der Waals surface area contributed by atoms with E-state index in [1.54, 1.807) is 0 Å². The molecule has 4 nitrogen and oxygen atoms in total. The van der Waals surface area contributed by atoms with Crippen molar-refractivity contribution >= 4 is 11.8 Å². The Bertz CT molecular complexity index is 633. The molecule has 1 atom stereocenters. The van der Waals surface area contributed by atoms with Crippen LogP contribution in [0.4, 0.5) is 0 Å². The second-order valence-electron chi connectivity index (χ2n) is 7.92. The van der Waals surface area contributed by atoms with Gasteiger partial charge in [-0.3, -0.25) is 9.59 Å². The van der Waals surface area contributed by atoms with Gasteiger partial charge in [0.2, 0.25) is 11.8 Å². The minimum atomic E-state index is -0.308. The van der Waals surface area contributed by atoms with Crippen LogP contribution in [0.1, 0.15) is 50.5 Å². The zero-order chi connectivity index (χ0) is 17.3. The highest BCUT2D eigenvalue weighted by Gasteiger charge is 2.53. The average Bonchev–Trinajstić information content (AvgIpc) is 3.50. The number of hydrogen-bond acceptors (Lipinski definition) is 2. The Morgan fingerprint density at radius 2 is 1.56 bits per heavy atom. The van der Waals surface area contributed by atoms with Gasteiger partial charge in [0.15, 0.2) is 0 Å². The smallest absolute Gasteiger partial charge is 0.233 e. The van der Waals surface area contributed by atoms with E-state index in [2.05, 4.69) is 12.1 Å². The minimum Gasteiger partial charge on any atom is -0.342 e. The molecular formula is C21H28N2O2. The summed E-state index contributed by atoms with van der Waals surface area (Å²) in [6.07, 6.45) is 7.24. The fraction of sp³-hybridized carbons (Fsp3) is 0.619. The van der Waals surface area contributed by atoms with Gasteiger partial charge in [0.1, 0.15) is 0 Å². The maximum absolute atomic E-state index is 13.2. The van der Waals surface area contributed by atoms with Crippen molar-refractivity contribution in [3.63, 3.8) is 0 Å². The van der Waals surface area contributed by atoms with Crippen LogP contribution in [0.5, 0.6) is 0 Å². The zero-order valence-corrected chi connectivity index (χ0v) is 15.0. The fourth-order valence-electron chi connectivity index (χ4n) is 4.55. The first-order valence-corrected chi connectivity index (χ1v) is 9.84. The summed E-state index contributed by atoms with van der Waals surface area (Å²) in [5, 5.41) is 0. The van der Waals surface area contributed by atoms with Crippen molar-refractivity contribution in [2.24, 2.45) is 5.92 Å². The highest BCUT2D eigenvalue weighted by Crippen LogP contribution is 2.50. The first-order chi connectivity index (χ1) is 12.2. The van der Waals surface area contributed by atoms with Gasteiger partial charge in [-0.05, 0) is 50.5 Å². The zero-order valence-electron chi connectivity index (χ0n) is 15.0. The lowest BCUT2D eigenvalue weighted by Gasteiger charge is -2.37. The van der Waals surface area contributed by atoms with E-state index in [1.807, 2.05) is 28.0 Å². The largest absolute Gasteiger partial charge is 0.342 e. The number of likely N-dealkylation sites (tertiary alicyclic amines) is 2. The summed E-state index contributed by atoms with van der Waals surface area (Å²) in [5.74, 6) is 0.527. The molecule has 1 aromatic rings. The second-order valence-corrected chi connectivity index (χ2v) is 7.92. The highest BCUT2D eigenvalue weighted by molar-refractivity contribution is 5.92. The third kappa shape index (κ3) is 3.19. The number of carbonyl (C=O) groups is 2. The van der Waals surface area contributed by atoms with Gasteiger partial charge in [0.05, 0.1) is 11.3 Å². The maximum Gasteiger partial charge on any atom is 0.233 e. The molecule has 25 heavy (non-hydrogen) atoms. The molecule has 1 aromatic carbocycles. The molecule has 3 fully saturated rings. The van der Waals surface area contributed by atoms with Gasteiger partial charge in [-0.25, -0.2) is 0 Å². The standard InChI is InChI=1S/C21H28N2O2/c24-19(22-13-5-2-6-14-22)17-8-7-15-23(16-17)20(25)21(11-12-21)18-9-3-1-4-10-18/h1,3-4,9-10,17H,2,5-8,11-16H2/t17-/m0/s1. The van der Waals surface area contributed by atoms with Gasteiger partial charge in [-0.2, -0.15) is 0 Å². The molecule has 0 N–H and O–H groups in total. The van der Waals surface area contributed by atoms with E-state index in [4.69, 9.17) is 0 Å². The quantitative estimate of drug-likeness (QED) is 0.849. The lowest BCUT2D eigenvalue weighted by atomic mass is 9.90. The van der Waals surface area contributed by atoms with E-state index in [-0.39, 0.29) is 23.1 Å². The lowest BCUT2D eigenvalue weighted by Crippen LogP contribution is -2.50. The van der Waals surface area contributed by atoms with Gasteiger partial charge in [0, 0.05) is 26.2 Å². The van der Waals surface area contributed by atoms with Crippen LogP contribution in [0, 0.1) is 5.92 Å². The molecule has 1 aliphatic carbocycles. The molecule has 0 bridgehead atoms. The van der Waals surface area contributed by atoms with Gasteiger partial charge in [-0.15, -0.1) is 0 Å². The summed E-state index contributed by atoms with van der Waals surface area (Å²) in [7, 11) is 0. The molecule has 0 unspecified atom stereocenters. The predicted octanol–water partition coefficient (Wildman–Crippen LogP) is 2.97. The summed E-state index contributed by atoms with van der Waals surface area (Å²) < 4.78 is 0. The maximum atomic E-state index is 13.2. The van der Waals surface area contributed by atoms with Crippen LogP contribution in [0.15, 0.2) is 30.3 Å². The monoisotopic (exact) mass is 340 g/mol. The number of piperidine rings is 2. The second kappa shape index (κ2) is 6.81. The molecule has 134 valence electrons. The van der Waals surface area contributed by atoms with Crippen LogP contribution in [-0.4, -0.2) is 47.8 Å². The van der Waals surface area contributed by atoms with Crippen LogP contribution >= 0.6 is 0 Å². The van der Waals surface area contributed by atoms with Crippen molar-refractivity contribution in [3.05, 3.63) is 35.9 Å². The van der Waals surface area contributed by atoms with Gasteiger partial charge in [0.25, 0.3) is 0 Å². The van der Waals surface area contributed by atoms with Crippen molar-refractivity contribution < 1.29 is 9.59 Å². The van der Waals surface area contributed by atoms with Gasteiger partial charge >= 0.3 is 0 Å². The van der Waals surface area contributed by atoms with Crippen molar-refractivity contribution in [2.45, 2.75) is 50.4 Å². The third-order valence-corrected chi connectivity index (χ3v) is 6.21. The molecule has 4 rings (SSSR count). The Labute approximate surface area is 150 Å². The number of hydrogen-bond donors (Lipinski definition) is 0. The number of benzene rings is 1. The Hall–Kier alpha value is -1.84. The fourth-order valence-corrected chi connectivity index (χ4v) is 4.55. The normalized spacial score (nSPS) is 25.5. The van der Waals surface area contributed by atoms with Crippen molar-refractivity contribution in [1.82, 2.24) is 9.80 Å². The number of rotatable bonds is 3. The summed E-state index contributed by atoms with van der Waals surface area (Å²) in [4.78, 5) is 30.1. The van der Waals surface area contributed by atoms with Crippen LogP contribution < -0.4 is 0 Å². The molecule has 0 radical (unpaired) electrons. The Morgan fingerprint density at radius 1 is 0.880 bits per heavy atom. The van der Waals surface area contributed by atoms with E-state index in [9.17, 15) is 9.59 Å². The van der Waals surface area contributed by atoms with Crippen molar-refractivity contribution in [2.75, 3.05) is 26.2 Å². The van der Waals surface area contributed by atoms with Gasteiger partial charge < -0.3 is 9.80 Å². The third-order valence-electron chi connectivity index (χ3n) is 6.21. The van der Waals surface area contributed by atoms with Crippen LogP contribution in [0.25, 0.3) is 0 Å². The Balaban J connectivity index is 1.44. The predicted molar refractivity (Wildman–Crippen MR) is 97.1 cm³/mol. The van der Waals surface area contributed by atoms with Crippen LogP contribution in [0.3, 0.4) is 0 Å². The molecule has 3 aliphatic rings. The molecule has 2 aliphatic heterocycles. The molecule has 2 saturated heterocycles. The summed E-state index contributed by atoms with van der Waals surface area (Å²) in [5.41, 5.74) is 0.835. The van der Waals surface area contributed by atoms with E-state index in [1.165, 1.54) is 6.42 Å². The molecule has 0 spiro atoms. The molecule has 2 heterocycles. The average molecular weight is 340 g/mol. The van der Waals surface area contributed by atoms with Crippen molar-refractivity contribution in [1.29, 1.82) is 0 Å². The van der Waals surface area contributed by atoms with E-state index >= 15 is 0 Å². The summed E-state index contributed by atoms with van der Waals surface area (Å²) in [6, 6.07) is 10.2. The van der Waals surface area contributed by atoms with Gasteiger partial charge in [-0.1, -0.05) is 30.3 Å². The summed E-state index contributed by atoms with van der Waals surface area (Å²) in [6.45, 7) is 3.22. The van der Waals surface area contributed by atoms with E-state index in [0.717, 1.165) is 63.7 Å². The topological polar surface area (TPSA) is 40.6 Å². The molecule has 2 amide bonds. The Morgan fingerprint density at radius 3 is 2.24 bits per heavy atom. The lowest BCUT2D eigenvalue weighted by molar-refractivity contribution is -0.142. The number of carbonyl (C=O) groups excluding carboxylic acids is 2. The number of amides is 2. The minimum absolute atomic E-state index is 0.00220. The van der Waals surface area contributed by atoms with Crippen LogP contribution in [-0.2, 0) is 15.0 Å². The molecule has 4 heteroatoms. The Kier molecular flexibility index (Phi) is 4.53. The van der Waals surface area contributed by atoms with Crippen molar-refractivity contribution in [3.8, 4) is 0 Å². The van der Waals surface area contributed by atoms with Crippen LogP contribution in [0.2, 0.25) is 0 Å². The summed E-state index contributed by atoms with van der Waals surface area (Å²) >= 11 is 0. The van der Waals surface area contributed by atoms with E-state index in [0.29, 0.717) is 6.54 Å². The number of nitrogens with zero attached hydrogens (tertiary/aromatic N) is 2. The highest BCUT2D eigenvalue weighted by atomic mass is 16.2. The first kappa shape index (κ1) is 16.6. The first-order valence-electron chi connectivity index (χ1n) is 9.84. The SMILES string of the molecule is O=C([C@H]1CCCN(C(=O)C2(c3ccccc3)CC2)C1)N1CCCCC1. The molecule has 0 aromatic heterocycles. The van der Waals surface area contributed by atoms with E-state index < -0.39 is 0 Å². The molecule has 1 saturated carbocycles. The molecular weight excluding hydrogens is 312 g/mol.